The van der Waals surface area contributed by atoms with Gasteiger partial charge < -0.3 is 10.2 Å². The molecule has 0 aliphatic carbocycles. The van der Waals surface area contributed by atoms with E-state index in [4.69, 9.17) is 11.6 Å². The number of amidine groups is 1. The molecule has 160 valence electrons. The highest BCUT2D eigenvalue weighted by Crippen LogP contribution is 2.56. The van der Waals surface area contributed by atoms with Crippen molar-refractivity contribution in [2.75, 3.05) is 4.90 Å². The first-order valence-corrected chi connectivity index (χ1v) is 10.9. The average molecular weight is 457 g/mol. The summed E-state index contributed by atoms with van der Waals surface area (Å²) >= 11 is 7.45. The normalized spacial score (nSPS) is 19.6. The third kappa shape index (κ3) is 3.40. The Morgan fingerprint density at radius 3 is 2.55 bits per heavy atom. The Morgan fingerprint density at radius 2 is 1.90 bits per heavy atom. The molecule has 3 amide bonds. The Kier molecular flexibility index (Phi) is 5.31. The van der Waals surface area contributed by atoms with E-state index in [0.29, 0.717) is 10.6 Å². The van der Waals surface area contributed by atoms with Crippen LogP contribution >= 0.6 is 23.4 Å². The van der Waals surface area contributed by atoms with Crippen LogP contribution in [-0.4, -0.2) is 27.9 Å². The average Bonchev–Trinajstić information content (AvgIpc) is 3.16. The van der Waals surface area contributed by atoms with Gasteiger partial charge >= 0.3 is 0 Å². The Balaban J connectivity index is 1.89. The molecule has 1 N–H and O–H groups in total. The van der Waals surface area contributed by atoms with Crippen LogP contribution < -0.4 is 10.2 Å². The van der Waals surface area contributed by atoms with E-state index in [9.17, 15) is 14.4 Å². The van der Waals surface area contributed by atoms with Crippen molar-refractivity contribution < 1.29 is 14.4 Å². The maximum atomic E-state index is 14.0. The Bertz CT molecular complexity index is 1170. The number of nitrogens with zero attached hydrogens (tertiary/aromatic N) is 3. The molecule has 2 aliphatic heterocycles. The van der Waals surface area contributed by atoms with Crippen LogP contribution in [0.1, 0.15) is 36.1 Å². The van der Waals surface area contributed by atoms with Crippen LogP contribution in [0.3, 0.4) is 0 Å². The van der Waals surface area contributed by atoms with Crippen molar-refractivity contribution in [1.82, 2.24) is 10.3 Å². The first kappa shape index (κ1) is 21.4. The predicted octanol–water partition coefficient (Wildman–Crippen LogP) is 3.66. The molecule has 31 heavy (non-hydrogen) atoms. The number of fused-ring (bicyclic) bond motifs is 2. The minimum absolute atomic E-state index is 0.209. The molecule has 2 aromatic carbocycles. The van der Waals surface area contributed by atoms with Crippen LogP contribution in [0, 0.1) is 13.8 Å². The Morgan fingerprint density at radius 1 is 1.19 bits per heavy atom. The molecule has 7 nitrogen and oxygen atoms in total. The fourth-order valence-corrected chi connectivity index (χ4v) is 5.60. The van der Waals surface area contributed by atoms with Crippen LogP contribution in [-0.2, 0) is 25.8 Å². The number of anilines is 1. The molecule has 1 spiro atoms. The first-order valence-electron chi connectivity index (χ1n) is 9.68. The van der Waals surface area contributed by atoms with E-state index in [0.717, 1.165) is 34.1 Å². The molecule has 2 heterocycles. The fourth-order valence-electron chi connectivity index (χ4n) is 4.09. The summed E-state index contributed by atoms with van der Waals surface area (Å²) in [7, 11) is 0. The molecule has 4 rings (SSSR count). The Labute approximate surface area is 189 Å². The number of rotatable bonds is 2. The van der Waals surface area contributed by atoms with Crippen LogP contribution in [0.25, 0.3) is 0 Å². The standard InChI is InChI=1S/C22H21ClN4O3S/c1-12-9-13(2)19-17(10-12)22(27(15(4)29)25-21(31-22)24-14(3)28)20(30)26(19)11-16-7-5-6-8-18(16)23/h5-10H,11H2,1-4H3,(H,24,25,28). The number of carbonyl (C=O) groups is 3. The third-order valence-electron chi connectivity index (χ3n) is 5.22. The third-order valence-corrected chi connectivity index (χ3v) is 6.82. The number of aryl methyl sites for hydroxylation is 2. The minimum Gasteiger partial charge on any atom is -0.304 e. The number of carbonyl (C=O) groups excluding carboxylic acids is 3. The van der Waals surface area contributed by atoms with Crippen LogP contribution in [0.2, 0.25) is 5.02 Å². The maximum Gasteiger partial charge on any atom is 0.271 e. The van der Waals surface area contributed by atoms with Crippen molar-refractivity contribution >= 4 is 51.9 Å². The molecular formula is C22H21ClN4O3S. The van der Waals surface area contributed by atoms with Gasteiger partial charge in [-0.05, 0) is 42.8 Å². The molecule has 2 aliphatic rings. The molecule has 1 atom stereocenters. The van der Waals surface area contributed by atoms with Crippen LogP contribution in [0.5, 0.6) is 0 Å². The summed E-state index contributed by atoms with van der Waals surface area (Å²) in [6, 6.07) is 11.2. The summed E-state index contributed by atoms with van der Waals surface area (Å²) in [4.78, 5) is 38.5. The topological polar surface area (TPSA) is 82.1 Å². The van der Waals surface area contributed by atoms with E-state index in [2.05, 4.69) is 10.4 Å². The number of hydrogen-bond donors (Lipinski definition) is 1. The molecule has 0 saturated heterocycles. The molecule has 2 aromatic rings. The van der Waals surface area contributed by atoms with Gasteiger partial charge in [-0.3, -0.25) is 14.4 Å². The van der Waals surface area contributed by atoms with E-state index in [1.54, 1.807) is 11.0 Å². The van der Waals surface area contributed by atoms with Gasteiger partial charge in [0, 0.05) is 24.4 Å². The van der Waals surface area contributed by atoms with E-state index in [1.807, 2.05) is 44.2 Å². The van der Waals surface area contributed by atoms with Gasteiger partial charge in [-0.1, -0.05) is 47.5 Å². The zero-order chi connectivity index (χ0) is 22.5. The van der Waals surface area contributed by atoms with Crippen molar-refractivity contribution in [1.29, 1.82) is 0 Å². The number of thioether (sulfide) groups is 1. The predicted molar refractivity (Wildman–Crippen MR) is 122 cm³/mol. The number of benzene rings is 2. The van der Waals surface area contributed by atoms with E-state index in [-0.39, 0.29) is 23.5 Å². The summed E-state index contributed by atoms with van der Waals surface area (Å²) in [6.07, 6.45) is 0. The van der Waals surface area contributed by atoms with E-state index in [1.165, 1.54) is 18.9 Å². The van der Waals surface area contributed by atoms with E-state index >= 15 is 0 Å². The molecule has 0 bridgehead atoms. The van der Waals surface area contributed by atoms with Gasteiger partial charge in [0.15, 0.2) is 5.17 Å². The summed E-state index contributed by atoms with van der Waals surface area (Å²) in [5.41, 5.74) is 4.06. The number of hydrogen-bond acceptors (Lipinski definition) is 5. The monoisotopic (exact) mass is 456 g/mol. The SMILES string of the molecule is CC(=O)NC1=NN(C(C)=O)C2(S1)C(=O)N(Cc1ccccc1Cl)c1c(C)cc(C)cc12. The highest BCUT2D eigenvalue weighted by molar-refractivity contribution is 8.15. The summed E-state index contributed by atoms with van der Waals surface area (Å²) in [5, 5.41) is 8.85. The van der Waals surface area contributed by atoms with Crippen LogP contribution in [0.4, 0.5) is 5.69 Å². The number of halogens is 1. The van der Waals surface area contributed by atoms with Crippen molar-refractivity contribution in [3.05, 3.63) is 63.7 Å². The molecule has 1 unspecified atom stereocenters. The molecule has 0 saturated carbocycles. The van der Waals surface area contributed by atoms with E-state index < -0.39 is 10.8 Å². The lowest BCUT2D eigenvalue weighted by Crippen LogP contribution is -2.48. The molecule has 0 radical (unpaired) electrons. The number of nitrogens with one attached hydrogen (secondary N) is 1. The molecular weight excluding hydrogens is 436 g/mol. The summed E-state index contributed by atoms with van der Waals surface area (Å²) in [6.45, 7) is 6.84. The lowest BCUT2D eigenvalue weighted by Gasteiger charge is -2.29. The van der Waals surface area contributed by atoms with Gasteiger partial charge in [-0.15, -0.1) is 5.10 Å². The van der Waals surface area contributed by atoms with Crippen molar-refractivity contribution in [3.8, 4) is 0 Å². The molecule has 0 fully saturated rings. The zero-order valence-electron chi connectivity index (χ0n) is 17.5. The minimum atomic E-state index is -1.42. The smallest absolute Gasteiger partial charge is 0.271 e. The van der Waals surface area contributed by atoms with Gasteiger partial charge in [0.25, 0.3) is 5.91 Å². The van der Waals surface area contributed by atoms with Gasteiger partial charge in [0.1, 0.15) is 0 Å². The lowest BCUT2D eigenvalue weighted by atomic mass is 10.0. The quantitative estimate of drug-likeness (QED) is 0.747. The lowest BCUT2D eigenvalue weighted by molar-refractivity contribution is -0.139. The number of hydrazone groups is 1. The molecule has 0 aromatic heterocycles. The van der Waals surface area contributed by atoms with Crippen molar-refractivity contribution in [2.45, 2.75) is 39.1 Å². The highest BCUT2D eigenvalue weighted by atomic mass is 35.5. The Hall–Kier alpha value is -2.84. The van der Waals surface area contributed by atoms with Crippen LogP contribution in [0.15, 0.2) is 41.5 Å². The highest BCUT2D eigenvalue weighted by Gasteiger charge is 2.61. The molecule has 9 heteroatoms. The first-order chi connectivity index (χ1) is 14.6. The second-order valence-corrected chi connectivity index (χ2v) is 9.21. The summed E-state index contributed by atoms with van der Waals surface area (Å²) in [5.74, 6) is -1.03. The second kappa shape index (κ2) is 7.69. The number of amides is 3. The van der Waals surface area contributed by atoms with Gasteiger partial charge in [0.2, 0.25) is 16.7 Å². The fraction of sp³-hybridized carbons (Fsp3) is 0.273. The zero-order valence-corrected chi connectivity index (χ0v) is 19.1. The van der Waals surface area contributed by atoms with Gasteiger partial charge in [0.05, 0.1) is 12.2 Å². The van der Waals surface area contributed by atoms with Crippen molar-refractivity contribution in [2.24, 2.45) is 5.10 Å². The summed E-state index contributed by atoms with van der Waals surface area (Å²) < 4.78 is 0. The second-order valence-electron chi connectivity index (χ2n) is 7.62. The van der Waals surface area contributed by atoms with Crippen molar-refractivity contribution in [3.63, 3.8) is 0 Å². The van der Waals surface area contributed by atoms with Gasteiger partial charge in [-0.2, -0.15) is 5.01 Å². The maximum absolute atomic E-state index is 14.0. The van der Waals surface area contributed by atoms with Gasteiger partial charge in [-0.25, -0.2) is 0 Å². The largest absolute Gasteiger partial charge is 0.304 e.